The highest BCUT2D eigenvalue weighted by atomic mass is 16.7. The summed E-state index contributed by atoms with van der Waals surface area (Å²) in [5.74, 6) is -0.636. The van der Waals surface area contributed by atoms with Crippen LogP contribution in [-0.2, 0) is 14.4 Å². The summed E-state index contributed by atoms with van der Waals surface area (Å²) >= 11 is 0. The van der Waals surface area contributed by atoms with Crippen molar-refractivity contribution in [1.29, 1.82) is 0 Å². The molecule has 1 amide bonds. The highest BCUT2D eigenvalue weighted by Gasteiger charge is 2.18. The average Bonchev–Trinajstić information content (AvgIpc) is 1.98. The van der Waals surface area contributed by atoms with Gasteiger partial charge >= 0.3 is 5.97 Å². The number of rotatable bonds is 4. The number of nitrogens with two attached hydrogens (primary N) is 1. The Morgan fingerprint density at radius 2 is 2.18 bits per heavy atom. The van der Waals surface area contributed by atoms with Gasteiger partial charge in [0.1, 0.15) is 6.04 Å². The van der Waals surface area contributed by atoms with Crippen molar-refractivity contribution in [3.63, 3.8) is 0 Å². The van der Waals surface area contributed by atoms with E-state index in [0.29, 0.717) is 0 Å². The Balaban J connectivity index is 3.73. The van der Waals surface area contributed by atoms with Crippen LogP contribution in [0.3, 0.4) is 0 Å². The van der Waals surface area contributed by atoms with Gasteiger partial charge in [-0.15, -0.1) is 0 Å². The predicted molar refractivity (Wildman–Crippen MR) is 38.1 cm³/mol. The van der Waals surface area contributed by atoms with Gasteiger partial charge in [0, 0.05) is 0 Å². The van der Waals surface area contributed by atoms with Crippen LogP contribution in [-0.4, -0.2) is 18.4 Å². The van der Waals surface area contributed by atoms with Crippen LogP contribution in [0.4, 0.5) is 0 Å². The zero-order valence-corrected chi connectivity index (χ0v) is 6.53. The molecule has 0 aliphatic rings. The van der Waals surface area contributed by atoms with Crippen molar-refractivity contribution < 1.29 is 14.4 Å². The second-order valence-electron chi connectivity index (χ2n) is 2.43. The second kappa shape index (κ2) is 4.68. The minimum Gasteiger partial charge on any atom is -0.339 e. The Bertz CT molecular complexity index is 147. The van der Waals surface area contributed by atoms with Crippen LogP contribution in [0.2, 0.25) is 0 Å². The molecule has 64 valence electrons. The van der Waals surface area contributed by atoms with Gasteiger partial charge in [0.15, 0.2) is 0 Å². The molecule has 0 spiro atoms. The molecule has 0 aromatic rings. The zero-order chi connectivity index (χ0) is 8.85. The third-order valence-corrected chi connectivity index (χ3v) is 1.20. The topological polar surface area (TPSA) is 81.4 Å². The fraction of sp³-hybridized carbons (Fsp3) is 0.667. The normalized spacial score (nSPS) is 12.4. The summed E-state index contributed by atoms with van der Waals surface area (Å²) in [4.78, 5) is 24.7. The SMILES string of the molecule is CC(C)[C@H](N)C(=O)ONC=O. The van der Waals surface area contributed by atoms with E-state index in [0.717, 1.165) is 0 Å². The highest BCUT2D eigenvalue weighted by molar-refractivity contribution is 5.76. The van der Waals surface area contributed by atoms with E-state index in [9.17, 15) is 9.59 Å². The summed E-state index contributed by atoms with van der Waals surface area (Å²) in [5, 5.41) is 0. The molecule has 3 N–H and O–H groups in total. The number of hydroxylamine groups is 1. The molecule has 5 heteroatoms. The molecule has 1 atom stereocenters. The lowest BCUT2D eigenvalue weighted by atomic mass is 10.1. The van der Waals surface area contributed by atoms with Crippen LogP contribution < -0.4 is 11.2 Å². The van der Waals surface area contributed by atoms with Gasteiger partial charge < -0.3 is 10.6 Å². The number of carbonyl (C=O) groups excluding carboxylic acids is 2. The fourth-order valence-electron chi connectivity index (χ4n) is 0.422. The van der Waals surface area contributed by atoms with Crippen molar-refractivity contribution in [3.8, 4) is 0 Å². The Hall–Kier alpha value is -1.10. The number of nitrogens with one attached hydrogen (secondary N) is 1. The minimum absolute atomic E-state index is 0.00375. The lowest BCUT2D eigenvalue weighted by Gasteiger charge is -2.12. The van der Waals surface area contributed by atoms with E-state index in [1.807, 2.05) is 0 Å². The molecule has 11 heavy (non-hydrogen) atoms. The summed E-state index contributed by atoms with van der Waals surface area (Å²) in [6.45, 7) is 3.57. The molecule has 0 unspecified atom stereocenters. The van der Waals surface area contributed by atoms with E-state index < -0.39 is 12.0 Å². The van der Waals surface area contributed by atoms with E-state index in [2.05, 4.69) is 4.84 Å². The quantitative estimate of drug-likeness (QED) is 0.415. The first-order chi connectivity index (χ1) is 5.09. The maximum atomic E-state index is 10.8. The first-order valence-corrected chi connectivity index (χ1v) is 3.25. The van der Waals surface area contributed by atoms with Crippen LogP contribution in [0, 0.1) is 5.92 Å². The van der Waals surface area contributed by atoms with Crippen molar-refractivity contribution in [2.75, 3.05) is 0 Å². The van der Waals surface area contributed by atoms with Crippen LogP contribution >= 0.6 is 0 Å². The summed E-state index contributed by atoms with van der Waals surface area (Å²) in [7, 11) is 0. The predicted octanol–water partition coefficient (Wildman–Crippen LogP) is -0.826. The van der Waals surface area contributed by atoms with Crippen molar-refractivity contribution in [2.24, 2.45) is 11.7 Å². The van der Waals surface area contributed by atoms with Crippen molar-refractivity contribution in [3.05, 3.63) is 0 Å². The van der Waals surface area contributed by atoms with Gasteiger partial charge in [-0.05, 0) is 5.92 Å². The molecule has 0 saturated heterocycles. The van der Waals surface area contributed by atoms with Crippen LogP contribution in [0.25, 0.3) is 0 Å². The second-order valence-corrected chi connectivity index (χ2v) is 2.43. The molecule has 0 rings (SSSR count). The average molecular weight is 160 g/mol. The number of hydrogen-bond donors (Lipinski definition) is 2. The minimum atomic E-state index is -0.692. The van der Waals surface area contributed by atoms with Gasteiger partial charge in [-0.1, -0.05) is 13.8 Å². The summed E-state index contributed by atoms with van der Waals surface area (Å²) < 4.78 is 0. The number of hydrogen-bond acceptors (Lipinski definition) is 4. The van der Waals surface area contributed by atoms with Crippen molar-refractivity contribution >= 4 is 12.4 Å². The molecule has 5 nitrogen and oxygen atoms in total. The first-order valence-electron chi connectivity index (χ1n) is 3.25. The van der Waals surface area contributed by atoms with Crippen LogP contribution in [0.1, 0.15) is 13.8 Å². The smallest absolute Gasteiger partial charge is 0.339 e. The van der Waals surface area contributed by atoms with E-state index in [1.165, 1.54) is 0 Å². The third-order valence-electron chi connectivity index (χ3n) is 1.20. The Morgan fingerprint density at radius 1 is 1.64 bits per heavy atom. The van der Waals surface area contributed by atoms with Gasteiger partial charge in [-0.25, -0.2) is 4.79 Å². The molecule has 0 aliphatic heterocycles. The number of carbonyl (C=O) groups is 2. The molecule has 0 fully saturated rings. The van der Waals surface area contributed by atoms with Crippen LogP contribution in [0.5, 0.6) is 0 Å². The zero-order valence-electron chi connectivity index (χ0n) is 6.53. The van der Waals surface area contributed by atoms with Crippen LogP contribution in [0.15, 0.2) is 0 Å². The lowest BCUT2D eigenvalue weighted by Crippen LogP contribution is -2.39. The van der Waals surface area contributed by atoms with E-state index >= 15 is 0 Å². The third kappa shape index (κ3) is 3.57. The standard InChI is InChI=1S/C6H12N2O3/c1-4(2)5(7)6(10)11-8-3-9/h3-5H,7H2,1-2H3,(H,8,9)/t5-/m0/s1. The Labute approximate surface area is 64.8 Å². The van der Waals surface area contributed by atoms with Gasteiger partial charge in [-0.2, -0.15) is 5.48 Å². The molecule has 0 bridgehead atoms. The highest BCUT2D eigenvalue weighted by Crippen LogP contribution is 1.98. The van der Waals surface area contributed by atoms with Crippen molar-refractivity contribution in [1.82, 2.24) is 5.48 Å². The molecule has 0 aromatic heterocycles. The molecular formula is C6H12N2O3. The molecular weight excluding hydrogens is 148 g/mol. The largest absolute Gasteiger partial charge is 0.348 e. The molecule has 0 saturated carbocycles. The van der Waals surface area contributed by atoms with E-state index in [1.54, 1.807) is 19.3 Å². The lowest BCUT2D eigenvalue weighted by molar-refractivity contribution is -0.156. The summed E-state index contributed by atoms with van der Waals surface area (Å²) in [6, 6.07) is -0.692. The summed E-state index contributed by atoms with van der Waals surface area (Å²) in [6.07, 6.45) is 0.269. The van der Waals surface area contributed by atoms with Gasteiger partial charge in [0.05, 0.1) is 0 Å². The summed E-state index contributed by atoms with van der Waals surface area (Å²) in [5.41, 5.74) is 7.14. The monoisotopic (exact) mass is 160 g/mol. The molecule has 0 heterocycles. The molecule has 0 aliphatic carbocycles. The van der Waals surface area contributed by atoms with Gasteiger partial charge in [0.2, 0.25) is 6.41 Å². The van der Waals surface area contributed by atoms with Gasteiger partial charge in [-0.3, -0.25) is 4.79 Å². The molecule has 0 radical (unpaired) electrons. The number of amides is 1. The fourth-order valence-corrected chi connectivity index (χ4v) is 0.422. The van der Waals surface area contributed by atoms with E-state index in [-0.39, 0.29) is 12.3 Å². The Kier molecular flexibility index (Phi) is 4.21. The van der Waals surface area contributed by atoms with Crippen molar-refractivity contribution in [2.45, 2.75) is 19.9 Å². The Morgan fingerprint density at radius 3 is 2.55 bits per heavy atom. The first kappa shape index (κ1) is 9.90. The maximum Gasteiger partial charge on any atom is 0.348 e. The van der Waals surface area contributed by atoms with E-state index in [4.69, 9.17) is 5.73 Å². The molecule has 0 aromatic carbocycles. The van der Waals surface area contributed by atoms with Gasteiger partial charge in [0.25, 0.3) is 0 Å². The maximum absolute atomic E-state index is 10.8.